The third-order valence-electron chi connectivity index (χ3n) is 2.62. The Balaban J connectivity index is 2.00. The van der Waals surface area contributed by atoms with Gasteiger partial charge in [0.1, 0.15) is 12.4 Å². The third kappa shape index (κ3) is 2.90. The number of ether oxygens (including phenoxy) is 1. The van der Waals surface area contributed by atoms with E-state index in [9.17, 15) is 4.39 Å². The Morgan fingerprint density at radius 1 is 1.39 bits per heavy atom. The summed E-state index contributed by atoms with van der Waals surface area (Å²) in [5, 5.41) is 3.03. The highest BCUT2D eigenvalue weighted by atomic mass is 19.1. The highest BCUT2D eigenvalue weighted by Crippen LogP contribution is 2.21. The molecule has 1 aromatic heterocycles. The second-order valence-electron chi connectivity index (χ2n) is 4.13. The van der Waals surface area contributed by atoms with Crippen molar-refractivity contribution in [3.05, 3.63) is 53.2 Å². The number of hydrogen-bond acceptors (Lipinski definition) is 3. The molecular formula is C14H16FNO2. The molecule has 18 heavy (non-hydrogen) atoms. The molecule has 2 aromatic rings. The summed E-state index contributed by atoms with van der Waals surface area (Å²) in [6.45, 7) is 2.67. The van der Waals surface area contributed by atoms with Gasteiger partial charge in [0.15, 0.2) is 11.6 Å². The fourth-order valence-electron chi connectivity index (χ4n) is 1.68. The molecule has 2 rings (SSSR count). The van der Waals surface area contributed by atoms with Crippen LogP contribution in [0.15, 0.2) is 34.9 Å². The standard InChI is InChI=1S/C14H16FNO2/c1-10-4-3-5-13(14(10)15)18-9-12-6-11(7-16-2)8-17-12/h3-6,8,16H,7,9H2,1-2H3. The average molecular weight is 249 g/mol. The summed E-state index contributed by atoms with van der Waals surface area (Å²) < 4.78 is 24.4. The number of rotatable bonds is 5. The second kappa shape index (κ2) is 5.69. The number of nitrogens with one attached hydrogen (secondary N) is 1. The van der Waals surface area contributed by atoms with Gasteiger partial charge in [0.25, 0.3) is 0 Å². The van der Waals surface area contributed by atoms with E-state index in [1.165, 1.54) is 0 Å². The average Bonchev–Trinajstić information content (AvgIpc) is 2.79. The summed E-state index contributed by atoms with van der Waals surface area (Å²) in [6, 6.07) is 6.98. The molecule has 1 aromatic carbocycles. The molecule has 1 heterocycles. The van der Waals surface area contributed by atoms with Crippen molar-refractivity contribution in [3.8, 4) is 5.75 Å². The van der Waals surface area contributed by atoms with E-state index >= 15 is 0 Å². The summed E-state index contributed by atoms with van der Waals surface area (Å²) in [5.41, 5.74) is 1.61. The molecule has 0 aliphatic carbocycles. The Kier molecular flexibility index (Phi) is 3.99. The SMILES string of the molecule is CNCc1coc(COc2cccc(C)c2F)c1. The maximum absolute atomic E-state index is 13.7. The van der Waals surface area contributed by atoms with Gasteiger partial charge in [-0.15, -0.1) is 0 Å². The molecule has 0 unspecified atom stereocenters. The lowest BCUT2D eigenvalue weighted by Gasteiger charge is -2.06. The van der Waals surface area contributed by atoms with Gasteiger partial charge >= 0.3 is 0 Å². The lowest BCUT2D eigenvalue weighted by atomic mass is 10.2. The van der Waals surface area contributed by atoms with Crippen LogP contribution in [-0.4, -0.2) is 7.05 Å². The normalized spacial score (nSPS) is 10.6. The molecule has 0 saturated heterocycles. The van der Waals surface area contributed by atoms with Crippen molar-refractivity contribution in [3.63, 3.8) is 0 Å². The van der Waals surface area contributed by atoms with Crippen LogP contribution in [0.2, 0.25) is 0 Å². The first kappa shape index (κ1) is 12.6. The first-order valence-electron chi connectivity index (χ1n) is 5.79. The number of hydrogen-bond donors (Lipinski definition) is 1. The van der Waals surface area contributed by atoms with Crippen LogP contribution in [0.1, 0.15) is 16.9 Å². The van der Waals surface area contributed by atoms with Gasteiger partial charge in [-0.05, 0) is 31.7 Å². The molecule has 0 aliphatic heterocycles. The predicted molar refractivity (Wildman–Crippen MR) is 66.9 cm³/mol. The van der Waals surface area contributed by atoms with Crippen LogP contribution < -0.4 is 10.1 Å². The fourth-order valence-corrected chi connectivity index (χ4v) is 1.68. The van der Waals surface area contributed by atoms with Crippen molar-refractivity contribution < 1.29 is 13.5 Å². The minimum atomic E-state index is -0.320. The van der Waals surface area contributed by atoms with Gasteiger partial charge in [-0.2, -0.15) is 0 Å². The first-order valence-corrected chi connectivity index (χ1v) is 5.79. The predicted octanol–water partition coefficient (Wildman–Crippen LogP) is 3.03. The van der Waals surface area contributed by atoms with Crippen molar-refractivity contribution in [2.24, 2.45) is 0 Å². The van der Waals surface area contributed by atoms with Crippen LogP contribution >= 0.6 is 0 Å². The highest BCUT2D eigenvalue weighted by molar-refractivity contribution is 5.30. The van der Waals surface area contributed by atoms with E-state index in [2.05, 4.69) is 5.32 Å². The molecule has 0 spiro atoms. The van der Waals surface area contributed by atoms with Crippen molar-refractivity contribution in [1.82, 2.24) is 5.32 Å². The van der Waals surface area contributed by atoms with Gasteiger partial charge in [0, 0.05) is 12.1 Å². The van der Waals surface area contributed by atoms with Gasteiger partial charge < -0.3 is 14.5 Å². The van der Waals surface area contributed by atoms with Crippen molar-refractivity contribution in [2.45, 2.75) is 20.1 Å². The van der Waals surface area contributed by atoms with Crippen LogP contribution in [0.5, 0.6) is 5.75 Å². The van der Waals surface area contributed by atoms with Crippen molar-refractivity contribution in [2.75, 3.05) is 7.05 Å². The molecular weight excluding hydrogens is 233 g/mol. The van der Waals surface area contributed by atoms with E-state index in [0.717, 1.165) is 12.1 Å². The molecule has 3 nitrogen and oxygen atoms in total. The van der Waals surface area contributed by atoms with Gasteiger partial charge in [-0.1, -0.05) is 12.1 Å². The van der Waals surface area contributed by atoms with Crippen molar-refractivity contribution in [1.29, 1.82) is 0 Å². The lowest BCUT2D eigenvalue weighted by molar-refractivity contribution is 0.258. The third-order valence-corrected chi connectivity index (χ3v) is 2.62. The van der Waals surface area contributed by atoms with Gasteiger partial charge in [0.2, 0.25) is 0 Å². The van der Waals surface area contributed by atoms with Gasteiger partial charge in [-0.3, -0.25) is 0 Å². The Morgan fingerprint density at radius 3 is 3.00 bits per heavy atom. The van der Waals surface area contributed by atoms with Gasteiger partial charge in [-0.25, -0.2) is 4.39 Å². The number of furan rings is 1. The first-order chi connectivity index (χ1) is 8.70. The summed E-state index contributed by atoms with van der Waals surface area (Å²) in [6.07, 6.45) is 1.67. The summed E-state index contributed by atoms with van der Waals surface area (Å²) >= 11 is 0. The molecule has 0 fully saturated rings. The van der Waals surface area contributed by atoms with Crippen LogP contribution in [0, 0.1) is 12.7 Å². The molecule has 0 bridgehead atoms. The molecule has 4 heteroatoms. The smallest absolute Gasteiger partial charge is 0.167 e. The fraction of sp³-hybridized carbons (Fsp3) is 0.286. The monoisotopic (exact) mass is 249 g/mol. The largest absolute Gasteiger partial charge is 0.483 e. The van der Waals surface area contributed by atoms with E-state index in [0.29, 0.717) is 11.3 Å². The van der Waals surface area contributed by atoms with Gasteiger partial charge in [0.05, 0.1) is 6.26 Å². The van der Waals surface area contributed by atoms with E-state index in [-0.39, 0.29) is 18.2 Å². The minimum Gasteiger partial charge on any atom is -0.483 e. The Labute approximate surface area is 106 Å². The Morgan fingerprint density at radius 2 is 2.22 bits per heavy atom. The summed E-state index contributed by atoms with van der Waals surface area (Å²) in [5.74, 6) is 0.613. The maximum Gasteiger partial charge on any atom is 0.167 e. The summed E-state index contributed by atoms with van der Waals surface area (Å²) in [4.78, 5) is 0. The molecule has 96 valence electrons. The zero-order chi connectivity index (χ0) is 13.0. The molecule has 0 atom stereocenters. The van der Waals surface area contributed by atoms with E-state index in [4.69, 9.17) is 9.15 Å². The lowest BCUT2D eigenvalue weighted by Crippen LogP contribution is -2.03. The quantitative estimate of drug-likeness (QED) is 0.884. The minimum absolute atomic E-state index is 0.226. The number of halogens is 1. The van der Waals surface area contributed by atoms with Crippen molar-refractivity contribution >= 4 is 0 Å². The van der Waals surface area contributed by atoms with E-state index in [1.54, 1.807) is 31.4 Å². The zero-order valence-electron chi connectivity index (χ0n) is 10.5. The molecule has 0 aliphatic rings. The second-order valence-corrected chi connectivity index (χ2v) is 4.13. The number of benzene rings is 1. The maximum atomic E-state index is 13.7. The molecule has 0 amide bonds. The zero-order valence-corrected chi connectivity index (χ0v) is 10.5. The highest BCUT2D eigenvalue weighted by Gasteiger charge is 2.07. The molecule has 0 radical (unpaired) electrons. The molecule has 1 N–H and O–H groups in total. The summed E-state index contributed by atoms with van der Waals surface area (Å²) in [7, 11) is 1.87. The topological polar surface area (TPSA) is 34.4 Å². The number of aryl methyl sites for hydroxylation is 1. The van der Waals surface area contributed by atoms with E-state index < -0.39 is 0 Å². The van der Waals surface area contributed by atoms with Crippen LogP contribution in [0.4, 0.5) is 4.39 Å². The van der Waals surface area contributed by atoms with E-state index in [1.807, 2.05) is 13.1 Å². The Hall–Kier alpha value is -1.81. The Bertz CT molecular complexity index is 522. The van der Waals surface area contributed by atoms with Crippen LogP contribution in [-0.2, 0) is 13.2 Å². The van der Waals surface area contributed by atoms with Crippen LogP contribution in [0.25, 0.3) is 0 Å². The van der Waals surface area contributed by atoms with Crippen LogP contribution in [0.3, 0.4) is 0 Å². The molecule has 0 saturated carbocycles.